The fraction of sp³-hybridized carbons (Fsp3) is 0.0800. The molecule has 0 aliphatic heterocycles. The molecule has 0 unspecified atom stereocenters. The van der Waals surface area contributed by atoms with Crippen LogP contribution in [0.1, 0.15) is 28.4 Å². The van der Waals surface area contributed by atoms with Gasteiger partial charge in [0, 0.05) is 5.69 Å². The number of hydrogen-bond donors (Lipinski definition) is 2. The third-order valence-electron chi connectivity index (χ3n) is 4.60. The zero-order valence-corrected chi connectivity index (χ0v) is 18.8. The molecule has 0 fully saturated rings. The first kappa shape index (κ1) is 24.2. The van der Waals surface area contributed by atoms with Crippen molar-refractivity contribution in [2.75, 3.05) is 5.32 Å². The molecule has 3 rings (SSSR count). The maximum absolute atomic E-state index is 12.2. The molecule has 0 bridgehead atoms. The number of amides is 2. The summed E-state index contributed by atoms with van der Waals surface area (Å²) < 4.78 is 5.32. The fourth-order valence-electron chi connectivity index (χ4n) is 2.79. The summed E-state index contributed by atoms with van der Waals surface area (Å²) in [4.78, 5) is 36.3. The van der Waals surface area contributed by atoms with Gasteiger partial charge in [0.25, 0.3) is 0 Å². The minimum Gasteiger partial charge on any atom is -0.423 e. The molecule has 0 radical (unpaired) electrons. The van der Waals surface area contributed by atoms with Gasteiger partial charge in [-0.2, -0.15) is 10.4 Å². The average molecular weight is 475 g/mol. The molecule has 9 heteroatoms. The van der Waals surface area contributed by atoms with Crippen molar-refractivity contribution in [2.24, 2.45) is 5.10 Å². The van der Waals surface area contributed by atoms with E-state index >= 15 is 0 Å². The lowest BCUT2D eigenvalue weighted by Gasteiger charge is -2.07. The average Bonchev–Trinajstić information content (AvgIpc) is 2.84. The Labute approximate surface area is 200 Å². The van der Waals surface area contributed by atoms with E-state index in [9.17, 15) is 14.4 Å². The van der Waals surface area contributed by atoms with Crippen LogP contribution < -0.4 is 15.5 Å². The van der Waals surface area contributed by atoms with Gasteiger partial charge in [0.2, 0.25) is 0 Å². The summed E-state index contributed by atoms with van der Waals surface area (Å²) in [5.74, 6) is -2.09. The summed E-state index contributed by atoms with van der Waals surface area (Å²) in [6.45, 7) is 1.65. The van der Waals surface area contributed by atoms with Gasteiger partial charge >= 0.3 is 17.8 Å². The van der Waals surface area contributed by atoms with Crippen molar-refractivity contribution in [1.82, 2.24) is 5.43 Å². The van der Waals surface area contributed by atoms with Crippen LogP contribution in [0.3, 0.4) is 0 Å². The number of benzene rings is 3. The molecule has 0 aliphatic rings. The van der Waals surface area contributed by atoms with Gasteiger partial charge in [0.05, 0.1) is 28.8 Å². The number of anilines is 1. The third-order valence-corrected chi connectivity index (χ3v) is 4.93. The maximum atomic E-state index is 12.2. The van der Waals surface area contributed by atoms with Crippen LogP contribution in [0.2, 0.25) is 5.02 Å². The number of carbonyl (C=O) groups excluding carboxylic acids is 3. The van der Waals surface area contributed by atoms with Crippen LogP contribution in [0, 0.1) is 11.3 Å². The van der Waals surface area contributed by atoms with E-state index in [1.807, 2.05) is 6.07 Å². The highest BCUT2D eigenvalue weighted by atomic mass is 35.5. The van der Waals surface area contributed by atoms with Crippen molar-refractivity contribution < 1.29 is 19.1 Å². The highest BCUT2D eigenvalue weighted by Gasteiger charge is 2.14. The second kappa shape index (κ2) is 11.4. The van der Waals surface area contributed by atoms with Crippen LogP contribution in [0.25, 0.3) is 0 Å². The molecule has 0 aromatic heterocycles. The van der Waals surface area contributed by atoms with Crippen molar-refractivity contribution in [2.45, 2.75) is 13.3 Å². The van der Waals surface area contributed by atoms with Gasteiger partial charge in [0.15, 0.2) is 0 Å². The molecule has 0 spiro atoms. The third kappa shape index (κ3) is 6.51. The summed E-state index contributed by atoms with van der Waals surface area (Å²) >= 11 is 6.01. The molecule has 0 heterocycles. The Morgan fingerprint density at radius 3 is 2.29 bits per heavy atom. The number of carbonyl (C=O) groups is 3. The molecular weight excluding hydrogens is 456 g/mol. The fourth-order valence-corrected chi connectivity index (χ4v) is 3.00. The Hall–Kier alpha value is -4.48. The number of esters is 1. The van der Waals surface area contributed by atoms with Crippen LogP contribution in [0.4, 0.5) is 5.69 Å². The lowest BCUT2D eigenvalue weighted by molar-refractivity contribution is -0.136. The van der Waals surface area contributed by atoms with Crippen molar-refractivity contribution in [3.63, 3.8) is 0 Å². The molecule has 3 aromatic rings. The standard InChI is InChI=1S/C25H19ClN4O4/c1-16(29-30-24(32)23(31)28-19-10-6-17(7-11-19)14-15-27)18-8-12-20(13-9-18)34-25(33)21-4-2-3-5-22(21)26/h2-13H,14H2,1H3,(H,28,31)(H,30,32)/b29-16+. The van der Waals surface area contributed by atoms with Gasteiger partial charge in [-0.3, -0.25) is 9.59 Å². The topological polar surface area (TPSA) is 121 Å². The molecular formula is C25H19ClN4O4. The number of hydrogen-bond acceptors (Lipinski definition) is 6. The maximum Gasteiger partial charge on any atom is 0.345 e. The Balaban J connectivity index is 1.55. The molecule has 0 saturated carbocycles. The Morgan fingerprint density at radius 1 is 0.971 bits per heavy atom. The van der Waals surface area contributed by atoms with Gasteiger partial charge in [-0.15, -0.1) is 0 Å². The van der Waals surface area contributed by atoms with Crippen molar-refractivity contribution in [3.05, 3.63) is 94.5 Å². The lowest BCUT2D eigenvalue weighted by Crippen LogP contribution is -2.32. The largest absolute Gasteiger partial charge is 0.423 e. The summed E-state index contributed by atoms with van der Waals surface area (Å²) in [7, 11) is 0. The molecule has 8 nitrogen and oxygen atoms in total. The molecule has 170 valence electrons. The number of hydrazone groups is 1. The van der Waals surface area contributed by atoms with Crippen molar-refractivity contribution >= 4 is 40.8 Å². The quantitative estimate of drug-likeness (QED) is 0.183. The zero-order chi connectivity index (χ0) is 24.5. The Kier molecular flexibility index (Phi) is 8.11. The van der Waals surface area contributed by atoms with Crippen LogP contribution >= 0.6 is 11.6 Å². The van der Waals surface area contributed by atoms with Crippen LogP contribution in [-0.4, -0.2) is 23.5 Å². The van der Waals surface area contributed by atoms with E-state index in [4.69, 9.17) is 21.6 Å². The van der Waals surface area contributed by atoms with E-state index < -0.39 is 17.8 Å². The summed E-state index contributed by atoms with van der Waals surface area (Å²) in [6.07, 6.45) is 0.257. The molecule has 0 saturated heterocycles. The SMILES string of the molecule is C/C(=N\NC(=O)C(=O)Nc1ccc(CC#N)cc1)c1ccc(OC(=O)c2ccccc2Cl)cc1. The number of nitriles is 1. The number of halogens is 1. The van der Waals surface area contributed by atoms with Crippen molar-refractivity contribution in [1.29, 1.82) is 5.26 Å². The minimum atomic E-state index is -0.939. The van der Waals surface area contributed by atoms with Gasteiger partial charge in [0.1, 0.15) is 5.75 Å². The van der Waals surface area contributed by atoms with E-state index in [1.54, 1.807) is 79.7 Å². The zero-order valence-electron chi connectivity index (χ0n) is 18.0. The molecule has 34 heavy (non-hydrogen) atoms. The molecule has 2 amide bonds. The van der Waals surface area contributed by atoms with E-state index in [2.05, 4.69) is 15.8 Å². The van der Waals surface area contributed by atoms with Crippen LogP contribution in [-0.2, 0) is 16.0 Å². The first-order valence-corrected chi connectivity index (χ1v) is 10.4. The van der Waals surface area contributed by atoms with Crippen LogP contribution in [0.5, 0.6) is 5.75 Å². The predicted octanol–water partition coefficient (Wildman–Crippen LogP) is 4.10. The van der Waals surface area contributed by atoms with Gasteiger partial charge in [-0.25, -0.2) is 10.2 Å². The molecule has 0 aliphatic carbocycles. The summed E-state index contributed by atoms with van der Waals surface area (Å²) in [5, 5.41) is 15.4. The minimum absolute atomic E-state index is 0.255. The second-order valence-electron chi connectivity index (χ2n) is 7.02. The second-order valence-corrected chi connectivity index (χ2v) is 7.43. The van der Waals surface area contributed by atoms with Crippen molar-refractivity contribution in [3.8, 4) is 11.8 Å². The normalized spacial score (nSPS) is 10.7. The van der Waals surface area contributed by atoms with E-state index in [-0.39, 0.29) is 12.0 Å². The smallest absolute Gasteiger partial charge is 0.345 e. The van der Waals surface area contributed by atoms with Gasteiger partial charge in [-0.05, 0) is 66.6 Å². The highest BCUT2D eigenvalue weighted by Crippen LogP contribution is 2.19. The Bertz CT molecular complexity index is 1280. The summed E-state index contributed by atoms with van der Waals surface area (Å²) in [6, 6.07) is 21.7. The first-order valence-electron chi connectivity index (χ1n) is 10.1. The predicted molar refractivity (Wildman–Crippen MR) is 128 cm³/mol. The van der Waals surface area contributed by atoms with Gasteiger partial charge in [-0.1, -0.05) is 35.9 Å². The molecule has 0 atom stereocenters. The highest BCUT2D eigenvalue weighted by molar-refractivity contribution is 6.39. The van der Waals surface area contributed by atoms with E-state index in [0.29, 0.717) is 27.7 Å². The van der Waals surface area contributed by atoms with E-state index in [0.717, 1.165) is 5.56 Å². The monoisotopic (exact) mass is 474 g/mol. The first-order chi connectivity index (χ1) is 16.4. The number of rotatable bonds is 6. The lowest BCUT2D eigenvalue weighted by atomic mass is 10.1. The van der Waals surface area contributed by atoms with E-state index in [1.165, 1.54) is 0 Å². The number of nitrogens with zero attached hydrogens (tertiary/aromatic N) is 2. The Morgan fingerprint density at radius 2 is 1.65 bits per heavy atom. The van der Waals surface area contributed by atoms with Gasteiger partial charge < -0.3 is 10.1 Å². The number of nitrogens with one attached hydrogen (secondary N) is 2. The molecule has 2 N–H and O–H groups in total. The molecule has 3 aromatic carbocycles. The summed E-state index contributed by atoms with van der Waals surface area (Å²) in [5.41, 5.74) is 4.76. The van der Waals surface area contributed by atoms with Crippen LogP contribution in [0.15, 0.2) is 77.9 Å². The number of ether oxygens (including phenoxy) is 1.